The fourth-order valence-electron chi connectivity index (χ4n) is 4.80. The molecule has 4 heteroatoms. The molecule has 0 bridgehead atoms. The lowest BCUT2D eigenvalue weighted by atomic mass is 10.0. The van der Waals surface area contributed by atoms with E-state index in [1.807, 2.05) is 6.07 Å². The molecule has 148 valence electrons. The Morgan fingerprint density at radius 3 is 2.66 bits per heavy atom. The molecule has 0 saturated heterocycles. The molecule has 0 spiro atoms. The van der Waals surface area contributed by atoms with Crippen molar-refractivity contribution in [1.82, 2.24) is 9.55 Å². The number of ketones is 1. The molecule has 1 saturated carbocycles. The fraction of sp³-hybridized carbons (Fsp3) is 0.360. The molecule has 0 aliphatic heterocycles. The minimum Gasteiger partial charge on any atom is -0.320 e. The highest BCUT2D eigenvalue weighted by molar-refractivity contribution is 7.99. The average molecular weight is 403 g/mol. The van der Waals surface area contributed by atoms with Crippen molar-refractivity contribution in [2.24, 2.45) is 0 Å². The molecule has 0 radical (unpaired) electrons. The molecule has 0 amide bonds. The van der Waals surface area contributed by atoms with Gasteiger partial charge in [0.05, 0.1) is 11.4 Å². The Labute approximate surface area is 176 Å². The van der Waals surface area contributed by atoms with Gasteiger partial charge in [-0.1, -0.05) is 61.0 Å². The van der Waals surface area contributed by atoms with Crippen LogP contribution >= 0.6 is 11.8 Å². The zero-order chi connectivity index (χ0) is 20.0. The number of hydrogen-bond acceptors (Lipinski definition) is 3. The second-order valence-electron chi connectivity index (χ2n) is 8.29. The number of thioether (sulfide) groups is 1. The Bertz CT molecular complexity index is 1090. The predicted molar refractivity (Wildman–Crippen MR) is 119 cm³/mol. The first-order valence-corrected chi connectivity index (χ1v) is 11.5. The van der Waals surface area contributed by atoms with Gasteiger partial charge in [0, 0.05) is 17.3 Å². The van der Waals surface area contributed by atoms with E-state index in [2.05, 4.69) is 54.8 Å². The van der Waals surface area contributed by atoms with Crippen LogP contribution in [0.1, 0.15) is 64.6 Å². The fourth-order valence-corrected chi connectivity index (χ4v) is 5.85. The van der Waals surface area contributed by atoms with Crippen LogP contribution in [0, 0.1) is 13.8 Å². The van der Waals surface area contributed by atoms with Crippen molar-refractivity contribution >= 4 is 17.5 Å². The Morgan fingerprint density at radius 1 is 1.07 bits per heavy atom. The van der Waals surface area contributed by atoms with Crippen molar-refractivity contribution in [3.05, 3.63) is 70.5 Å². The van der Waals surface area contributed by atoms with Gasteiger partial charge in [0.15, 0.2) is 10.9 Å². The highest BCUT2D eigenvalue weighted by Crippen LogP contribution is 2.38. The number of carbonyl (C=O) groups is 1. The zero-order valence-corrected chi connectivity index (χ0v) is 17.9. The third kappa shape index (κ3) is 3.33. The van der Waals surface area contributed by atoms with Crippen LogP contribution in [0.25, 0.3) is 11.1 Å². The number of fused-ring (bicyclic) bond motifs is 3. The van der Waals surface area contributed by atoms with E-state index in [1.54, 1.807) is 11.8 Å². The first-order valence-electron chi connectivity index (χ1n) is 10.5. The normalized spacial score (nSPS) is 15.5. The number of carbonyl (C=O) groups excluding carboxylic acids is 1. The molecule has 29 heavy (non-hydrogen) atoms. The lowest BCUT2D eigenvalue weighted by Crippen LogP contribution is -2.10. The van der Waals surface area contributed by atoms with Crippen molar-refractivity contribution in [2.75, 3.05) is 5.75 Å². The van der Waals surface area contributed by atoms with Gasteiger partial charge in [-0.2, -0.15) is 0 Å². The summed E-state index contributed by atoms with van der Waals surface area (Å²) < 4.78 is 2.39. The van der Waals surface area contributed by atoms with Crippen molar-refractivity contribution in [3.63, 3.8) is 0 Å². The van der Waals surface area contributed by atoms with Gasteiger partial charge in [-0.05, 0) is 61.4 Å². The zero-order valence-electron chi connectivity index (χ0n) is 17.1. The molecule has 0 atom stereocenters. The summed E-state index contributed by atoms with van der Waals surface area (Å²) in [6.45, 7) is 4.23. The highest BCUT2D eigenvalue weighted by atomic mass is 32.2. The van der Waals surface area contributed by atoms with Gasteiger partial charge in [-0.3, -0.25) is 4.79 Å². The van der Waals surface area contributed by atoms with E-state index in [9.17, 15) is 4.79 Å². The molecule has 3 nitrogen and oxygen atoms in total. The summed E-state index contributed by atoms with van der Waals surface area (Å²) in [5.41, 5.74) is 8.30. The second kappa shape index (κ2) is 7.49. The molecule has 2 aromatic carbocycles. The predicted octanol–water partition coefficient (Wildman–Crippen LogP) is 6.16. The van der Waals surface area contributed by atoms with Crippen LogP contribution in [-0.4, -0.2) is 21.1 Å². The van der Waals surface area contributed by atoms with E-state index in [0.717, 1.165) is 22.8 Å². The number of benzene rings is 2. The average Bonchev–Trinajstić information content (AvgIpc) is 3.44. The third-order valence-corrected chi connectivity index (χ3v) is 7.45. The Kier molecular flexibility index (Phi) is 4.83. The summed E-state index contributed by atoms with van der Waals surface area (Å²) in [5.74, 6) is 0.613. The Balaban J connectivity index is 1.36. The number of aryl methyl sites for hydroxylation is 1. The topological polar surface area (TPSA) is 34.9 Å². The van der Waals surface area contributed by atoms with Gasteiger partial charge in [0.25, 0.3) is 0 Å². The number of hydrogen-bond donors (Lipinski definition) is 0. The van der Waals surface area contributed by atoms with Gasteiger partial charge in [0.1, 0.15) is 0 Å². The van der Waals surface area contributed by atoms with Crippen LogP contribution in [-0.2, 0) is 6.42 Å². The first kappa shape index (κ1) is 18.7. The van der Waals surface area contributed by atoms with E-state index in [0.29, 0.717) is 11.8 Å². The summed E-state index contributed by atoms with van der Waals surface area (Å²) in [4.78, 5) is 17.8. The molecule has 1 heterocycles. The Hall–Kier alpha value is -2.33. The molecule has 0 N–H and O–H groups in total. The second-order valence-corrected chi connectivity index (χ2v) is 9.23. The summed E-state index contributed by atoms with van der Waals surface area (Å²) in [6, 6.07) is 15.3. The number of rotatable bonds is 5. The minimum absolute atomic E-state index is 0.179. The molecule has 3 aromatic rings. The molecular weight excluding hydrogens is 376 g/mol. The van der Waals surface area contributed by atoms with Crippen LogP contribution in [0.5, 0.6) is 0 Å². The van der Waals surface area contributed by atoms with E-state index in [4.69, 9.17) is 4.98 Å². The van der Waals surface area contributed by atoms with E-state index in [-0.39, 0.29) is 5.78 Å². The van der Waals surface area contributed by atoms with E-state index >= 15 is 0 Å². The number of imidazole rings is 1. The van der Waals surface area contributed by atoms with Crippen molar-refractivity contribution in [2.45, 2.75) is 57.1 Å². The van der Waals surface area contributed by atoms with Gasteiger partial charge < -0.3 is 4.57 Å². The molecule has 5 rings (SSSR count). The van der Waals surface area contributed by atoms with Crippen LogP contribution in [0.3, 0.4) is 0 Å². The number of nitrogens with zero attached hydrogens (tertiary/aromatic N) is 2. The molecule has 2 aliphatic carbocycles. The quantitative estimate of drug-likeness (QED) is 0.296. The maximum absolute atomic E-state index is 13.0. The van der Waals surface area contributed by atoms with Crippen LogP contribution < -0.4 is 0 Å². The van der Waals surface area contributed by atoms with Crippen LogP contribution in [0.4, 0.5) is 0 Å². The van der Waals surface area contributed by atoms with Crippen molar-refractivity contribution in [3.8, 4) is 11.1 Å². The summed E-state index contributed by atoms with van der Waals surface area (Å²) in [6.07, 6.45) is 6.00. The molecule has 2 aliphatic rings. The first-order chi connectivity index (χ1) is 14.1. The van der Waals surface area contributed by atoms with E-state index in [1.165, 1.54) is 53.6 Å². The van der Waals surface area contributed by atoms with Crippen LogP contribution in [0.15, 0.2) is 47.6 Å². The number of aromatic nitrogens is 2. The lowest BCUT2D eigenvalue weighted by molar-refractivity contribution is 0.102. The highest BCUT2D eigenvalue weighted by Gasteiger charge is 2.24. The SMILES string of the molecule is Cc1nc(SCC(=O)c2ccc3c(c2)-c2ccccc2C3)n(C2CCCC2)c1C. The van der Waals surface area contributed by atoms with E-state index < -0.39 is 0 Å². The van der Waals surface area contributed by atoms with Gasteiger partial charge in [-0.25, -0.2) is 4.98 Å². The maximum Gasteiger partial charge on any atom is 0.173 e. The molecular formula is C25H26N2OS. The van der Waals surface area contributed by atoms with Gasteiger partial charge in [-0.15, -0.1) is 0 Å². The van der Waals surface area contributed by atoms with Gasteiger partial charge in [0.2, 0.25) is 0 Å². The summed E-state index contributed by atoms with van der Waals surface area (Å²) >= 11 is 1.59. The monoisotopic (exact) mass is 402 g/mol. The van der Waals surface area contributed by atoms with Crippen molar-refractivity contribution < 1.29 is 4.79 Å². The van der Waals surface area contributed by atoms with Gasteiger partial charge >= 0.3 is 0 Å². The third-order valence-electron chi connectivity index (χ3n) is 6.50. The molecule has 1 fully saturated rings. The smallest absolute Gasteiger partial charge is 0.173 e. The number of Topliss-reactive ketones (excluding diaryl/α,β-unsaturated/α-hetero) is 1. The molecule has 1 aromatic heterocycles. The minimum atomic E-state index is 0.179. The lowest BCUT2D eigenvalue weighted by Gasteiger charge is -2.16. The van der Waals surface area contributed by atoms with Crippen molar-refractivity contribution in [1.29, 1.82) is 0 Å². The maximum atomic E-state index is 13.0. The Morgan fingerprint density at radius 2 is 1.83 bits per heavy atom. The largest absolute Gasteiger partial charge is 0.320 e. The molecule has 0 unspecified atom stereocenters. The summed E-state index contributed by atoms with van der Waals surface area (Å²) in [7, 11) is 0. The standard InChI is InChI=1S/C25H26N2OS/c1-16-17(2)27(21-8-4-5-9-21)25(26-16)29-15-24(28)20-12-11-19-13-18-7-3-6-10-22(18)23(19)14-20/h3,6-7,10-12,14,21H,4-5,8-9,13,15H2,1-2H3. The van der Waals surface area contributed by atoms with Crippen LogP contribution in [0.2, 0.25) is 0 Å². The summed E-state index contributed by atoms with van der Waals surface area (Å²) in [5, 5.41) is 1.01.